The molecule has 2 rings (SSSR count). The van der Waals surface area contributed by atoms with Gasteiger partial charge in [-0.05, 0) is 12.5 Å². The second-order valence-electron chi connectivity index (χ2n) is 4.39. The molecule has 1 unspecified atom stereocenters. The van der Waals surface area contributed by atoms with Gasteiger partial charge < -0.3 is 19.9 Å². The molecule has 0 saturated carbocycles. The second kappa shape index (κ2) is 6.11. The van der Waals surface area contributed by atoms with Crippen LogP contribution in [-0.2, 0) is 9.53 Å². The number of rotatable bonds is 4. The number of carboxylic acids is 1. The summed E-state index contributed by atoms with van der Waals surface area (Å²) in [7, 11) is 1.35. The molecule has 1 aromatic rings. The Morgan fingerprint density at radius 3 is 2.80 bits per heavy atom. The van der Waals surface area contributed by atoms with Gasteiger partial charge in [0.05, 0.1) is 30.3 Å². The van der Waals surface area contributed by atoms with Crippen LogP contribution in [0.1, 0.15) is 16.8 Å². The second-order valence-corrected chi connectivity index (χ2v) is 4.79. The molecule has 0 aliphatic carbocycles. The summed E-state index contributed by atoms with van der Waals surface area (Å²) >= 11 is 5.99. The summed E-state index contributed by atoms with van der Waals surface area (Å²) in [5.74, 6) is -1.42. The van der Waals surface area contributed by atoms with E-state index in [4.69, 9.17) is 26.2 Å². The monoisotopic (exact) mass is 299 g/mol. The van der Waals surface area contributed by atoms with Gasteiger partial charge in [-0.15, -0.1) is 0 Å². The first-order chi connectivity index (χ1) is 9.52. The fourth-order valence-electron chi connectivity index (χ4n) is 1.96. The van der Waals surface area contributed by atoms with Crippen LogP contribution >= 0.6 is 11.6 Å². The minimum Gasteiger partial charge on any atom is -0.496 e. The minimum absolute atomic E-state index is 0.0558. The zero-order chi connectivity index (χ0) is 14.7. The van der Waals surface area contributed by atoms with Gasteiger partial charge in [-0.1, -0.05) is 11.6 Å². The molecule has 0 spiro atoms. The van der Waals surface area contributed by atoms with E-state index in [0.29, 0.717) is 25.3 Å². The highest BCUT2D eigenvalue weighted by Crippen LogP contribution is 2.31. The maximum atomic E-state index is 12.0. The first-order valence-corrected chi connectivity index (χ1v) is 6.40. The summed E-state index contributed by atoms with van der Waals surface area (Å²) in [6, 6.07) is 2.66. The molecule has 1 saturated heterocycles. The van der Waals surface area contributed by atoms with Crippen LogP contribution in [0.2, 0.25) is 5.02 Å². The van der Waals surface area contributed by atoms with Crippen molar-refractivity contribution in [1.82, 2.24) is 0 Å². The van der Waals surface area contributed by atoms with E-state index in [2.05, 4.69) is 5.32 Å². The third-order valence-corrected chi connectivity index (χ3v) is 3.39. The predicted octanol–water partition coefficient (Wildman–Crippen LogP) is 2.02. The van der Waals surface area contributed by atoms with Gasteiger partial charge in [0.2, 0.25) is 5.91 Å². The number of carbonyl (C=O) groups excluding carboxylic acids is 1. The van der Waals surface area contributed by atoms with Gasteiger partial charge in [-0.2, -0.15) is 0 Å². The highest BCUT2D eigenvalue weighted by Gasteiger charge is 2.24. The van der Waals surface area contributed by atoms with Crippen LogP contribution in [0.3, 0.4) is 0 Å². The molecular formula is C13H14ClNO5. The van der Waals surface area contributed by atoms with Crippen molar-refractivity contribution in [2.24, 2.45) is 5.92 Å². The lowest BCUT2D eigenvalue weighted by molar-refractivity contribution is -0.119. The van der Waals surface area contributed by atoms with Gasteiger partial charge in [0.1, 0.15) is 11.3 Å². The number of amides is 1. The van der Waals surface area contributed by atoms with Crippen LogP contribution in [0.4, 0.5) is 5.69 Å². The predicted molar refractivity (Wildman–Crippen MR) is 72.5 cm³/mol. The van der Waals surface area contributed by atoms with Crippen molar-refractivity contribution >= 4 is 29.2 Å². The molecule has 0 aromatic heterocycles. The number of benzene rings is 1. The Bertz CT molecular complexity index is 540. The summed E-state index contributed by atoms with van der Waals surface area (Å²) < 4.78 is 10.1. The summed E-state index contributed by atoms with van der Waals surface area (Å²) in [6.07, 6.45) is 0.661. The van der Waals surface area contributed by atoms with Crippen LogP contribution < -0.4 is 10.1 Å². The summed E-state index contributed by atoms with van der Waals surface area (Å²) in [6.45, 7) is 0.945. The number of hydrogen-bond acceptors (Lipinski definition) is 4. The Morgan fingerprint density at radius 2 is 2.25 bits per heavy atom. The fourth-order valence-corrected chi connectivity index (χ4v) is 2.17. The molecule has 1 aliphatic heterocycles. The van der Waals surface area contributed by atoms with E-state index in [1.54, 1.807) is 0 Å². The number of halogens is 1. The standard InChI is InChI=1S/C13H14ClNO5/c1-19-11-5-10(9(14)4-8(11)13(17)18)15-12(16)7-2-3-20-6-7/h4-5,7H,2-3,6H2,1H3,(H,15,16)(H,17,18). The molecule has 1 heterocycles. The van der Waals surface area contributed by atoms with Gasteiger partial charge in [0.25, 0.3) is 0 Å². The van der Waals surface area contributed by atoms with E-state index >= 15 is 0 Å². The summed E-state index contributed by atoms with van der Waals surface area (Å²) in [5, 5.41) is 11.8. The van der Waals surface area contributed by atoms with Gasteiger partial charge in [-0.3, -0.25) is 4.79 Å². The largest absolute Gasteiger partial charge is 0.496 e. The normalized spacial score (nSPS) is 17.8. The van der Waals surface area contributed by atoms with E-state index in [0.717, 1.165) is 0 Å². The van der Waals surface area contributed by atoms with Crippen molar-refractivity contribution in [3.8, 4) is 5.75 Å². The first-order valence-electron chi connectivity index (χ1n) is 6.02. The molecule has 0 bridgehead atoms. The highest BCUT2D eigenvalue weighted by atomic mass is 35.5. The van der Waals surface area contributed by atoms with Gasteiger partial charge >= 0.3 is 5.97 Å². The molecule has 0 radical (unpaired) electrons. The molecule has 6 nitrogen and oxygen atoms in total. The minimum atomic E-state index is -1.15. The molecule has 1 amide bonds. The van der Waals surface area contributed by atoms with E-state index < -0.39 is 5.97 Å². The average Bonchev–Trinajstić information content (AvgIpc) is 2.94. The van der Waals surface area contributed by atoms with Crippen molar-refractivity contribution in [2.75, 3.05) is 25.6 Å². The van der Waals surface area contributed by atoms with E-state index in [9.17, 15) is 9.59 Å². The Balaban J connectivity index is 2.23. The maximum absolute atomic E-state index is 12.0. The van der Waals surface area contributed by atoms with Gasteiger partial charge in [0.15, 0.2) is 0 Å². The average molecular weight is 300 g/mol. The van der Waals surface area contributed by atoms with Crippen LogP contribution in [0.15, 0.2) is 12.1 Å². The summed E-state index contributed by atoms with van der Waals surface area (Å²) in [5.41, 5.74) is 0.269. The zero-order valence-corrected chi connectivity index (χ0v) is 11.6. The Hall–Kier alpha value is -1.79. The molecule has 1 aliphatic rings. The number of methoxy groups -OCH3 is 1. The van der Waals surface area contributed by atoms with Crippen molar-refractivity contribution in [3.63, 3.8) is 0 Å². The number of anilines is 1. The van der Waals surface area contributed by atoms with E-state index in [-0.39, 0.29) is 28.2 Å². The lowest BCUT2D eigenvalue weighted by atomic mass is 10.1. The maximum Gasteiger partial charge on any atom is 0.339 e. The molecule has 108 valence electrons. The van der Waals surface area contributed by atoms with Crippen molar-refractivity contribution in [2.45, 2.75) is 6.42 Å². The number of carbonyl (C=O) groups is 2. The van der Waals surface area contributed by atoms with Crippen molar-refractivity contribution in [3.05, 3.63) is 22.7 Å². The Labute approximate surface area is 120 Å². The van der Waals surface area contributed by atoms with Crippen LogP contribution in [0.25, 0.3) is 0 Å². The topological polar surface area (TPSA) is 84.9 Å². The smallest absolute Gasteiger partial charge is 0.339 e. The van der Waals surface area contributed by atoms with Gasteiger partial charge in [-0.25, -0.2) is 4.79 Å². The van der Waals surface area contributed by atoms with Crippen LogP contribution in [-0.4, -0.2) is 37.3 Å². The first kappa shape index (κ1) is 14.6. The zero-order valence-electron chi connectivity index (χ0n) is 10.8. The van der Waals surface area contributed by atoms with Crippen molar-refractivity contribution in [1.29, 1.82) is 0 Å². The molecule has 1 fully saturated rings. The lowest BCUT2D eigenvalue weighted by Crippen LogP contribution is -2.23. The third-order valence-electron chi connectivity index (χ3n) is 3.08. The molecule has 1 atom stereocenters. The fraction of sp³-hybridized carbons (Fsp3) is 0.385. The Kier molecular flexibility index (Phi) is 4.46. The number of aromatic carboxylic acids is 1. The summed E-state index contributed by atoms with van der Waals surface area (Å²) in [4.78, 5) is 23.0. The highest BCUT2D eigenvalue weighted by molar-refractivity contribution is 6.34. The quantitative estimate of drug-likeness (QED) is 0.888. The SMILES string of the molecule is COc1cc(NC(=O)C2CCOC2)c(Cl)cc1C(=O)O. The van der Waals surface area contributed by atoms with E-state index in [1.165, 1.54) is 19.2 Å². The third kappa shape index (κ3) is 3.02. The number of carboxylic acid groups (broad SMARTS) is 1. The van der Waals surface area contributed by atoms with Crippen LogP contribution in [0.5, 0.6) is 5.75 Å². The molecule has 1 aromatic carbocycles. The molecule has 7 heteroatoms. The molecule has 2 N–H and O–H groups in total. The molecular weight excluding hydrogens is 286 g/mol. The number of hydrogen-bond donors (Lipinski definition) is 2. The van der Waals surface area contributed by atoms with E-state index in [1.807, 2.05) is 0 Å². The lowest BCUT2D eigenvalue weighted by Gasteiger charge is -2.13. The van der Waals surface area contributed by atoms with Gasteiger partial charge in [0, 0.05) is 12.7 Å². The molecule has 20 heavy (non-hydrogen) atoms. The van der Waals surface area contributed by atoms with Crippen molar-refractivity contribution < 1.29 is 24.2 Å². The Morgan fingerprint density at radius 1 is 1.50 bits per heavy atom. The number of nitrogens with one attached hydrogen (secondary N) is 1. The number of ether oxygens (including phenoxy) is 2. The van der Waals surface area contributed by atoms with Crippen LogP contribution in [0, 0.1) is 5.92 Å².